The van der Waals surface area contributed by atoms with Gasteiger partial charge in [0.2, 0.25) is 0 Å². The van der Waals surface area contributed by atoms with Gasteiger partial charge in [-0.2, -0.15) is 0 Å². The number of benzene rings is 1. The van der Waals surface area contributed by atoms with Crippen LogP contribution in [0.3, 0.4) is 0 Å². The van der Waals surface area contributed by atoms with Crippen molar-refractivity contribution in [2.24, 2.45) is 0 Å². The number of ether oxygens (including phenoxy) is 2. The standard InChI is InChI=1S/C15H16BrN5O2/c1-9-18-15-5-4-14(20-21(15)19-9)17-8-10-6-12(22-2)13(23-3)7-11(10)16/h4-7H,8H2,1-3H3,(H,17,20). The van der Waals surface area contributed by atoms with Crippen LogP contribution in [0.15, 0.2) is 28.7 Å². The summed E-state index contributed by atoms with van der Waals surface area (Å²) in [5.74, 6) is 2.77. The van der Waals surface area contributed by atoms with Gasteiger partial charge in [0.15, 0.2) is 17.1 Å². The Hall–Kier alpha value is -2.35. The lowest BCUT2D eigenvalue weighted by atomic mass is 10.2. The third kappa shape index (κ3) is 3.21. The number of hydrogen-bond acceptors (Lipinski definition) is 6. The smallest absolute Gasteiger partial charge is 0.176 e. The third-order valence-electron chi connectivity index (χ3n) is 3.33. The van der Waals surface area contributed by atoms with Crippen LogP contribution >= 0.6 is 15.9 Å². The van der Waals surface area contributed by atoms with Crippen molar-refractivity contribution < 1.29 is 9.47 Å². The monoisotopic (exact) mass is 377 g/mol. The lowest BCUT2D eigenvalue weighted by Crippen LogP contribution is -2.05. The molecule has 0 saturated heterocycles. The van der Waals surface area contributed by atoms with Gasteiger partial charge in [-0.15, -0.1) is 14.8 Å². The third-order valence-corrected chi connectivity index (χ3v) is 4.06. The molecule has 3 aromatic rings. The van der Waals surface area contributed by atoms with Gasteiger partial charge in [-0.05, 0) is 36.8 Å². The average molecular weight is 378 g/mol. The predicted octanol–water partition coefficient (Wildman–Crippen LogP) is 2.82. The summed E-state index contributed by atoms with van der Waals surface area (Å²) in [4.78, 5) is 4.25. The fraction of sp³-hybridized carbons (Fsp3) is 0.267. The number of anilines is 1. The second kappa shape index (κ2) is 6.41. The molecule has 3 rings (SSSR count). The van der Waals surface area contributed by atoms with E-state index in [1.807, 2.05) is 31.2 Å². The number of nitrogens with one attached hydrogen (secondary N) is 1. The molecule has 120 valence electrons. The SMILES string of the molecule is COc1cc(Br)c(CNc2ccc3nc(C)nn3n2)cc1OC. The highest BCUT2D eigenvalue weighted by atomic mass is 79.9. The van der Waals surface area contributed by atoms with Crippen LogP contribution in [0.4, 0.5) is 5.82 Å². The molecule has 1 aromatic carbocycles. The first-order chi connectivity index (χ1) is 11.1. The quantitative estimate of drug-likeness (QED) is 0.736. The van der Waals surface area contributed by atoms with Crippen LogP contribution in [0.1, 0.15) is 11.4 Å². The summed E-state index contributed by atoms with van der Waals surface area (Å²) in [7, 11) is 3.23. The van der Waals surface area contributed by atoms with Gasteiger partial charge in [-0.1, -0.05) is 15.9 Å². The summed E-state index contributed by atoms with van der Waals surface area (Å²) in [6.07, 6.45) is 0. The summed E-state index contributed by atoms with van der Waals surface area (Å²) in [5, 5.41) is 11.8. The van der Waals surface area contributed by atoms with E-state index in [1.54, 1.807) is 14.2 Å². The van der Waals surface area contributed by atoms with E-state index in [0.717, 1.165) is 15.7 Å². The van der Waals surface area contributed by atoms with Gasteiger partial charge in [-0.3, -0.25) is 0 Å². The summed E-state index contributed by atoms with van der Waals surface area (Å²) >= 11 is 3.54. The van der Waals surface area contributed by atoms with Crippen LogP contribution in [-0.4, -0.2) is 34.0 Å². The Morgan fingerprint density at radius 2 is 1.87 bits per heavy atom. The Bertz CT molecular complexity index is 849. The first-order valence-electron chi connectivity index (χ1n) is 6.95. The van der Waals surface area contributed by atoms with Crippen molar-refractivity contribution >= 4 is 27.4 Å². The summed E-state index contributed by atoms with van der Waals surface area (Å²) < 4.78 is 13.1. The van der Waals surface area contributed by atoms with Crippen molar-refractivity contribution in [3.63, 3.8) is 0 Å². The zero-order valence-electron chi connectivity index (χ0n) is 13.0. The van der Waals surface area contributed by atoms with E-state index in [-0.39, 0.29) is 0 Å². The van der Waals surface area contributed by atoms with E-state index >= 15 is 0 Å². The molecule has 0 saturated carbocycles. The maximum atomic E-state index is 5.33. The van der Waals surface area contributed by atoms with Crippen LogP contribution in [0, 0.1) is 6.92 Å². The van der Waals surface area contributed by atoms with Crippen LogP contribution in [0.25, 0.3) is 5.65 Å². The highest BCUT2D eigenvalue weighted by Gasteiger charge is 2.10. The number of aryl methyl sites for hydroxylation is 1. The topological polar surface area (TPSA) is 73.6 Å². The molecule has 0 unspecified atom stereocenters. The van der Waals surface area contributed by atoms with Gasteiger partial charge in [0.05, 0.1) is 14.2 Å². The normalized spacial score (nSPS) is 10.8. The molecule has 23 heavy (non-hydrogen) atoms. The summed E-state index contributed by atoms with van der Waals surface area (Å²) in [6, 6.07) is 7.55. The molecule has 0 aliphatic carbocycles. The molecule has 0 radical (unpaired) electrons. The molecule has 0 fully saturated rings. The molecule has 0 aliphatic rings. The largest absolute Gasteiger partial charge is 0.493 e. The van der Waals surface area contributed by atoms with E-state index < -0.39 is 0 Å². The number of fused-ring (bicyclic) bond motifs is 1. The molecule has 2 aromatic heterocycles. The molecule has 0 spiro atoms. The van der Waals surface area contributed by atoms with Crippen LogP contribution in [0.5, 0.6) is 11.5 Å². The first-order valence-corrected chi connectivity index (χ1v) is 7.75. The Balaban J connectivity index is 1.81. The highest BCUT2D eigenvalue weighted by molar-refractivity contribution is 9.10. The molecule has 1 N–H and O–H groups in total. The molecular formula is C15H16BrN5O2. The van der Waals surface area contributed by atoms with Gasteiger partial charge in [0.25, 0.3) is 0 Å². The molecule has 0 atom stereocenters. The van der Waals surface area contributed by atoms with Crippen molar-refractivity contribution in [1.29, 1.82) is 0 Å². The molecule has 0 bridgehead atoms. The maximum absolute atomic E-state index is 5.33. The second-order valence-corrected chi connectivity index (χ2v) is 5.73. The maximum Gasteiger partial charge on any atom is 0.176 e. The minimum absolute atomic E-state index is 0.577. The molecule has 2 heterocycles. The van der Waals surface area contributed by atoms with Crippen LogP contribution < -0.4 is 14.8 Å². The van der Waals surface area contributed by atoms with Gasteiger partial charge < -0.3 is 14.8 Å². The lowest BCUT2D eigenvalue weighted by molar-refractivity contribution is 0.354. The summed E-state index contributed by atoms with van der Waals surface area (Å²) in [5.41, 5.74) is 1.75. The number of halogens is 1. The molecule has 0 aliphatic heterocycles. The van der Waals surface area contributed by atoms with Crippen LogP contribution in [0.2, 0.25) is 0 Å². The van der Waals surface area contributed by atoms with E-state index in [9.17, 15) is 0 Å². The van der Waals surface area contributed by atoms with Crippen molar-refractivity contribution in [3.8, 4) is 11.5 Å². The summed E-state index contributed by atoms with van der Waals surface area (Å²) in [6.45, 7) is 2.41. The number of methoxy groups -OCH3 is 2. The Labute approximate surface area is 141 Å². The number of hydrogen-bond donors (Lipinski definition) is 1. The Morgan fingerprint density at radius 1 is 1.13 bits per heavy atom. The molecule has 8 heteroatoms. The van der Waals surface area contributed by atoms with Gasteiger partial charge >= 0.3 is 0 Å². The zero-order valence-corrected chi connectivity index (χ0v) is 14.6. The van der Waals surface area contributed by atoms with Gasteiger partial charge in [-0.25, -0.2) is 4.98 Å². The Kier molecular flexibility index (Phi) is 4.33. The minimum Gasteiger partial charge on any atom is -0.493 e. The number of rotatable bonds is 5. The van der Waals surface area contributed by atoms with Crippen molar-refractivity contribution in [2.45, 2.75) is 13.5 Å². The van der Waals surface area contributed by atoms with E-state index in [0.29, 0.717) is 29.7 Å². The fourth-order valence-corrected chi connectivity index (χ4v) is 2.66. The zero-order chi connectivity index (χ0) is 16.4. The van der Waals surface area contributed by atoms with Crippen molar-refractivity contribution in [3.05, 3.63) is 40.1 Å². The lowest BCUT2D eigenvalue weighted by Gasteiger charge is -2.12. The average Bonchev–Trinajstić information content (AvgIpc) is 2.92. The molecular weight excluding hydrogens is 362 g/mol. The highest BCUT2D eigenvalue weighted by Crippen LogP contribution is 2.33. The van der Waals surface area contributed by atoms with E-state index in [4.69, 9.17) is 9.47 Å². The van der Waals surface area contributed by atoms with Gasteiger partial charge in [0.1, 0.15) is 11.6 Å². The van der Waals surface area contributed by atoms with E-state index in [1.165, 1.54) is 4.63 Å². The van der Waals surface area contributed by atoms with Crippen molar-refractivity contribution in [2.75, 3.05) is 19.5 Å². The number of aromatic nitrogens is 4. The van der Waals surface area contributed by atoms with Crippen molar-refractivity contribution in [1.82, 2.24) is 19.8 Å². The second-order valence-electron chi connectivity index (χ2n) is 4.88. The van der Waals surface area contributed by atoms with Gasteiger partial charge in [0, 0.05) is 11.0 Å². The van der Waals surface area contributed by atoms with Crippen LogP contribution in [-0.2, 0) is 6.54 Å². The predicted molar refractivity (Wildman–Crippen MR) is 90.1 cm³/mol. The van der Waals surface area contributed by atoms with E-state index in [2.05, 4.69) is 36.4 Å². The Morgan fingerprint density at radius 3 is 2.61 bits per heavy atom. The fourth-order valence-electron chi connectivity index (χ4n) is 2.20. The molecule has 0 amide bonds. The molecule has 7 nitrogen and oxygen atoms in total. The minimum atomic E-state index is 0.577. The first kappa shape index (κ1) is 15.5. The number of nitrogens with zero attached hydrogens (tertiary/aromatic N) is 4.